The van der Waals surface area contributed by atoms with Crippen LogP contribution in [0.4, 0.5) is 11.4 Å². The number of carbonyl (C=O) groups excluding carboxylic acids is 2. The van der Waals surface area contributed by atoms with Crippen LogP contribution in [0.5, 0.6) is 0 Å². The van der Waals surface area contributed by atoms with E-state index in [0.29, 0.717) is 24.4 Å². The lowest BCUT2D eigenvalue weighted by molar-refractivity contribution is -0.115. The van der Waals surface area contributed by atoms with Gasteiger partial charge in [-0.1, -0.05) is 34.1 Å². The van der Waals surface area contributed by atoms with Gasteiger partial charge in [0.25, 0.3) is 0 Å². The van der Waals surface area contributed by atoms with Crippen LogP contribution in [0, 0.1) is 0 Å². The summed E-state index contributed by atoms with van der Waals surface area (Å²) in [6.45, 7) is 2.50. The van der Waals surface area contributed by atoms with Gasteiger partial charge in [-0.25, -0.2) is 4.79 Å². The molecule has 126 valence electrons. The number of anilines is 2. The van der Waals surface area contributed by atoms with E-state index >= 15 is 0 Å². The summed E-state index contributed by atoms with van der Waals surface area (Å²) in [6.07, 6.45) is 0.281. The fourth-order valence-electron chi connectivity index (χ4n) is 2.12. The van der Waals surface area contributed by atoms with Gasteiger partial charge in [-0.15, -0.1) is 0 Å². The standard InChI is InChI=1S/C18H19BrN2O3/c1-2-24-18(23)15-8-3-4-9-16(15)20-11-10-17(22)21-14-7-5-6-13(19)12-14/h3-9,12,20H,2,10-11H2,1H3,(H,21,22). The van der Waals surface area contributed by atoms with E-state index in [0.717, 1.165) is 10.2 Å². The van der Waals surface area contributed by atoms with E-state index < -0.39 is 0 Å². The fourth-order valence-corrected chi connectivity index (χ4v) is 2.52. The Morgan fingerprint density at radius 3 is 2.67 bits per heavy atom. The molecular formula is C18H19BrN2O3. The Morgan fingerprint density at radius 1 is 1.12 bits per heavy atom. The first-order chi connectivity index (χ1) is 11.6. The topological polar surface area (TPSA) is 67.4 Å². The monoisotopic (exact) mass is 390 g/mol. The SMILES string of the molecule is CCOC(=O)c1ccccc1NCCC(=O)Nc1cccc(Br)c1. The molecule has 24 heavy (non-hydrogen) atoms. The molecule has 0 saturated heterocycles. The molecule has 0 unspecified atom stereocenters. The highest BCUT2D eigenvalue weighted by Gasteiger charge is 2.11. The number of esters is 1. The van der Waals surface area contributed by atoms with Gasteiger partial charge in [0.1, 0.15) is 0 Å². The smallest absolute Gasteiger partial charge is 0.340 e. The molecule has 0 atom stereocenters. The number of nitrogens with one attached hydrogen (secondary N) is 2. The zero-order valence-electron chi connectivity index (χ0n) is 13.3. The number of ether oxygens (including phenoxy) is 1. The molecule has 0 aliphatic carbocycles. The van der Waals surface area contributed by atoms with Crippen molar-refractivity contribution in [2.75, 3.05) is 23.8 Å². The maximum Gasteiger partial charge on any atom is 0.340 e. The van der Waals surface area contributed by atoms with E-state index in [2.05, 4.69) is 26.6 Å². The van der Waals surface area contributed by atoms with Crippen molar-refractivity contribution in [3.05, 3.63) is 58.6 Å². The molecule has 6 heteroatoms. The molecule has 2 aromatic rings. The van der Waals surface area contributed by atoms with Crippen molar-refractivity contribution in [1.29, 1.82) is 0 Å². The number of carbonyl (C=O) groups is 2. The van der Waals surface area contributed by atoms with Gasteiger partial charge in [-0.2, -0.15) is 0 Å². The Kier molecular flexibility index (Phi) is 6.81. The van der Waals surface area contributed by atoms with E-state index in [1.165, 1.54) is 0 Å². The van der Waals surface area contributed by atoms with Crippen LogP contribution in [0.1, 0.15) is 23.7 Å². The molecule has 5 nitrogen and oxygen atoms in total. The van der Waals surface area contributed by atoms with Gasteiger partial charge in [0.2, 0.25) is 5.91 Å². The molecule has 0 fully saturated rings. The van der Waals surface area contributed by atoms with Crippen LogP contribution in [-0.2, 0) is 9.53 Å². The number of para-hydroxylation sites is 1. The summed E-state index contributed by atoms with van der Waals surface area (Å²) in [5, 5.41) is 5.94. The minimum absolute atomic E-state index is 0.103. The van der Waals surface area contributed by atoms with Gasteiger partial charge in [0.15, 0.2) is 0 Å². The third-order valence-corrected chi connectivity index (χ3v) is 3.69. The second-order valence-corrected chi connectivity index (χ2v) is 5.92. The van der Waals surface area contributed by atoms with Gasteiger partial charge in [-0.05, 0) is 37.3 Å². The van der Waals surface area contributed by atoms with Crippen LogP contribution < -0.4 is 10.6 Å². The maximum atomic E-state index is 12.0. The predicted molar refractivity (Wildman–Crippen MR) is 98.3 cm³/mol. The molecule has 0 aromatic heterocycles. The van der Waals surface area contributed by atoms with Crippen molar-refractivity contribution in [2.24, 2.45) is 0 Å². The van der Waals surface area contributed by atoms with E-state index in [1.807, 2.05) is 30.3 Å². The summed E-state index contributed by atoms with van der Waals surface area (Å²) in [7, 11) is 0. The summed E-state index contributed by atoms with van der Waals surface area (Å²) in [5.74, 6) is -0.478. The first-order valence-corrected chi connectivity index (χ1v) is 8.45. The summed E-state index contributed by atoms with van der Waals surface area (Å²) < 4.78 is 5.93. The molecule has 1 amide bonds. The molecule has 2 rings (SSSR count). The Labute approximate surface area is 149 Å². The van der Waals surface area contributed by atoms with Gasteiger partial charge >= 0.3 is 5.97 Å². The predicted octanol–water partition coefficient (Wildman–Crippen LogP) is 4.07. The van der Waals surface area contributed by atoms with Gasteiger partial charge < -0.3 is 15.4 Å². The van der Waals surface area contributed by atoms with Gasteiger partial charge in [0, 0.05) is 28.8 Å². The van der Waals surface area contributed by atoms with Crippen molar-refractivity contribution < 1.29 is 14.3 Å². The maximum absolute atomic E-state index is 12.0. The highest BCUT2D eigenvalue weighted by atomic mass is 79.9. The highest BCUT2D eigenvalue weighted by molar-refractivity contribution is 9.10. The number of hydrogen-bond acceptors (Lipinski definition) is 4. The molecule has 0 saturated carbocycles. The number of benzene rings is 2. The third kappa shape index (κ3) is 5.38. The lowest BCUT2D eigenvalue weighted by atomic mass is 10.1. The molecule has 2 N–H and O–H groups in total. The van der Waals surface area contributed by atoms with Crippen molar-refractivity contribution in [1.82, 2.24) is 0 Å². The van der Waals surface area contributed by atoms with E-state index in [-0.39, 0.29) is 18.3 Å². The van der Waals surface area contributed by atoms with Crippen molar-refractivity contribution in [3.63, 3.8) is 0 Å². The average molecular weight is 391 g/mol. The largest absolute Gasteiger partial charge is 0.462 e. The number of amides is 1. The number of rotatable bonds is 7. The minimum Gasteiger partial charge on any atom is -0.462 e. The molecule has 0 aliphatic heterocycles. The van der Waals surface area contributed by atoms with Gasteiger partial charge in [0.05, 0.1) is 12.2 Å². The molecular weight excluding hydrogens is 372 g/mol. The molecule has 0 heterocycles. The first-order valence-electron chi connectivity index (χ1n) is 7.65. The normalized spacial score (nSPS) is 10.1. The lowest BCUT2D eigenvalue weighted by Crippen LogP contribution is -2.17. The van der Waals surface area contributed by atoms with Crippen LogP contribution in [0.15, 0.2) is 53.0 Å². The van der Waals surface area contributed by atoms with Crippen molar-refractivity contribution in [3.8, 4) is 0 Å². The molecule has 0 radical (unpaired) electrons. The minimum atomic E-state index is -0.376. The van der Waals surface area contributed by atoms with E-state index in [4.69, 9.17) is 4.74 Å². The second-order valence-electron chi connectivity index (χ2n) is 5.00. The Balaban J connectivity index is 1.88. The van der Waals surface area contributed by atoms with E-state index in [1.54, 1.807) is 25.1 Å². The summed E-state index contributed by atoms with van der Waals surface area (Å²) in [6, 6.07) is 14.5. The van der Waals surface area contributed by atoms with Gasteiger partial charge in [-0.3, -0.25) is 4.79 Å². The zero-order chi connectivity index (χ0) is 17.4. The summed E-state index contributed by atoms with van der Waals surface area (Å²) in [5.41, 5.74) is 1.86. The molecule has 0 aliphatic rings. The van der Waals surface area contributed by atoms with Crippen LogP contribution in [0.2, 0.25) is 0 Å². The Morgan fingerprint density at radius 2 is 1.92 bits per heavy atom. The molecule has 2 aromatic carbocycles. The van der Waals surface area contributed by atoms with Crippen molar-refractivity contribution >= 4 is 39.2 Å². The lowest BCUT2D eigenvalue weighted by Gasteiger charge is -2.11. The molecule has 0 bridgehead atoms. The highest BCUT2D eigenvalue weighted by Crippen LogP contribution is 2.17. The van der Waals surface area contributed by atoms with Crippen molar-refractivity contribution in [2.45, 2.75) is 13.3 Å². The van der Waals surface area contributed by atoms with Crippen LogP contribution in [-0.4, -0.2) is 25.0 Å². The first kappa shape index (κ1) is 18.0. The molecule has 0 spiro atoms. The number of halogens is 1. The Hall–Kier alpha value is -2.34. The fraction of sp³-hybridized carbons (Fsp3) is 0.222. The quantitative estimate of drug-likeness (QED) is 0.699. The summed E-state index contributed by atoms with van der Waals surface area (Å²) in [4.78, 5) is 23.9. The van der Waals surface area contributed by atoms with Crippen LogP contribution in [0.25, 0.3) is 0 Å². The van der Waals surface area contributed by atoms with E-state index in [9.17, 15) is 9.59 Å². The Bertz CT molecular complexity index is 719. The second kappa shape index (κ2) is 9.08. The number of hydrogen-bond donors (Lipinski definition) is 2. The average Bonchev–Trinajstić information content (AvgIpc) is 2.55. The third-order valence-electron chi connectivity index (χ3n) is 3.20. The zero-order valence-corrected chi connectivity index (χ0v) is 14.9. The summed E-state index contributed by atoms with van der Waals surface area (Å²) >= 11 is 3.36. The van der Waals surface area contributed by atoms with Crippen LogP contribution in [0.3, 0.4) is 0 Å². The van der Waals surface area contributed by atoms with Crippen LogP contribution >= 0.6 is 15.9 Å².